The first-order chi connectivity index (χ1) is 12.8. The Morgan fingerprint density at radius 2 is 2.11 bits per heavy atom. The number of carbonyl (C=O) groups is 2. The number of halogens is 1. The molecule has 1 fully saturated rings. The molecule has 28 heavy (non-hydrogen) atoms. The smallest absolute Gasteiger partial charge is 0.265 e. The molecular formula is C20H30ClN3O4. The van der Waals surface area contributed by atoms with Crippen LogP contribution in [-0.4, -0.2) is 49.8 Å². The predicted molar refractivity (Wildman–Crippen MR) is 110 cm³/mol. The van der Waals surface area contributed by atoms with Gasteiger partial charge in [-0.1, -0.05) is 26.0 Å². The number of carbonyl (C=O) groups excluding carboxylic acids is 2. The summed E-state index contributed by atoms with van der Waals surface area (Å²) in [5.41, 5.74) is 5.82. The van der Waals surface area contributed by atoms with Gasteiger partial charge in [0.2, 0.25) is 5.91 Å². The third kappa shape index (κ3) is 3.83. The number of benzene rings is 1. The summed E-state index contributed by atoms with van der Waals surface area (Å²) < 4.78 is 11.1. The van der Waals surface area contributed by atoms with Crippen LogP contribution in [-0.2, 0) is 14.3 Å². The third-order valence-electron chi connectivity index (χ3n) is 5.89. The number of anilines is 1. The molecule has 0 spiro atoms. The van der Waals surface area contributed by atoms with E-state index >= 15 is 0 Å². The zero-order valence-electron chi connectivity index (χ0n) is 16.7. The van der Waals surface area contributed by atoms with Crippen LogP contribution < -0.4 is 20.7 Å². The summed E-state index contributed by atoms with van der Waals surface area (Å²) in [7, 11) is 0. The molecular weight excluding hydrogens is 382 g/mol. The van der Waals surface area contributed by atoms with Crippen LogP contribution in [0.25, 0.3) is 0 Å². The van der Waals surface area contributed by atoms with Gasteiger partial charge in [0.05, 0.1) is 11.8 Å². The molecule has 3 rings (SSSR count). The summed E-state index contributed by atoms with van der Waals surface area (Å²) in [6.45, 7) is 7.52. The first-order valence-electron chi connectivity index (χ1n) is 9.52. The van der Waals surface area contributed by atoms with E-state index in [4.69, 9.17) is 15.2 Å². The van der Waals surface area contributed by atoms with E-state index in [1.807, 2.05) is 45.0 Å². The fraction of sp³-hybridized carbons (Fsp3) is 0.600. The number of hydrogen-bond acceptors (Lipinski definition) is 5. The van der Waals surface area contributed by atoms with E-state index < -0.39 is 11.0 Å². The number of hydrogen-bond donors (Lipinski definition) is 2. The van der Waals surface area contributed by atoms with Crippen LogP contribution >= 0.6 is 12.4 Å². The summed E-state index contributed by atoms with van der Waals surface area (Å²) >= 11 is 0. The van der Waals surface area contributed by atoms with E-state index in [9.17, 15) is 9.59 Å². The Bertz CT molecular complexity index is 727. The van der Waals surface area contributed by atoms with Crippen LogP contribution in [0.5, 0.6) is 5.75 Å². The van der Waals surface area contributed by atoms with Gasteiger partial charge in [-0.15, -0.1) is 12.4 Å². The number of fused-ring (bicyclic) bond motifs is 1. The molecule has 156 valence electrons. The van der Waals surface area contributed by atoms with E-state index in [0.717, 1.165) is 5.69 Å². The molecule has 1 aliphatic carbocycles. The van der Waals surface area contributed by atoms with Crippen molar-refractivity contribution in [1.29, 1.82) is 0 Å². The zero-order valence-corrected chi connectivity index (χ0v) is 17.5. The molecule has 0 aromatic heterocycles. The second-order valence-electron chi connectivity index (χ2n) is 7.75. The fourth-order valence-electron chi connectivity index (χ4n) is 3.82. The van der Waals surface area contributed by atoms with Crippen LogP contribution in [0.3, 0.4) is 0 Å². The maximum atomic E-state index is 12.6. The molecule has 8 heteroatoms. The first-order valence-corrected chi connectivity index (χ1v) is 9.52. The van der Waals surface area contributed by atoms with Crippen molar-refractivity contribution < 1.29 is 19.1 Å². The molecule has 0 bridgehead atoms. The summed E-state index contributed by atoms with van der Waals surface area (Å²) in [6.07, 6.45) is 1.16. The lowest BCUT2D eigenvalue weighted by molar-refractivity contribution is -0.170. The van der Waals surface area contributed by atoms with Gasteiger partial charge in [0.15, 0.2) is 6.61 Å². The maximum absolute atomic E-state index is 12.6. The molecule has 2 unspecified atom stereocenters. The standard InChI is InChI=1S/C20H29N3O4.ClH/c1-4-26-16-12-20(21,19(16,2)3)18(25)22-10-7-11-23-14-8-5-6-9-15(14)27-13-17(23)24;/h5-6,8-9,16H,4,7,10-13,21H2,1-3H3,(H,22,25);1H. The normalized spacial score (nSPS) is 25.1. The van der Waals surface area contributed by atoms with Crippen molar-refractivity contribution in [2.24, 2.45) is 11.1 Å². The lowest BCUT2D eigenvalue weighted by Crippen LogP contribution is -2.75. The van der Waals surface area contributed by atoms with E-state index in [1.165, 1.54) is 0 Å². The zero-order chi connectivity index (χ0) is 19.7. The minimum atomic E-state index is -0.922. The highest BCUT2D eigenvalue weighted by Gasteiger charge is 2.62. The van der Waals surface area contributed by atoms with Gasteiger partial charge >= 0.3 is 0 Å². The Labute approximate surface area is 172 Å². The van der Waals surface area contributed by atoms with Gasteiger partial charge in [0, 0.05) is 31.5 Å². The Hall–Kier alpha value is -1.83. The molecule has 1 aromatic rings. The van der Waals surface area contributed by atoms with Gasteiger partial charge in [-0.3, -0.25) is 9.59 Å². The number of nitrogens with one attached hydrogen (secondary N) is 1. The van der Waals surface area contributed by atoms with E-state index in [-0.39, 0.29) is 36.9 Å². The van der Waals surface area contributed by atoms with Crippen molar-refractivity contribution in [3.63, 3.8) is 0 Å². The SMILES string of the molecule is CCOC1CC(N)(C(=O)NCCCN2C(=O)COc3ccccc32)C1(C)C.Cl. The topological polar surface area (TPSA) is 93.9 Å². The van der Waals surface area contributed by atoms with Crippen molar-refractivity contribution >= 4 is 29.9 Å². The number of ether oxygens (including phenoxy) is 2. The van der Waals surface area contributed by atoms with Gasteiger partial charge < -0.3 is 25.4 Å². The molecule has 2 aliphatic rings. The second kappa shape index (κ2) is 8.68. The number of amides is 2. The molecule has 0 saturated heterocycles. The van der Waals surface area contributed by atoms with Crippen LogP contribution in [0.1, 0.15) is 33.6 Å². The van der Waals surface area contributed by atoms with Gasteiger partial charge in [-0.2, -0.15) is 0 Å². The fourth-order valence-corrected chi connectivity index (χ4v) is 3.82. The minimum Gasteiger partial charge on any atom is -0.482 e. The monoisotopic (exact) mass is 411 g/mol. The number of para-hydroxylation sites is 2. The Morgan fingerprint density at radius 1 is 1.39 bits per heavy atom. The summed E-state index contributed by atoms with van der Waals surface area (Å²) in [6, 6.07) is 7.47. The average molecular weight is 412 g/mol. The van der Waals surface area contributed by atoms with Crippen molar-refractivity contribution in [1.82, 2.24) is 5.32 Å². The molecule has 1 saturated carbocycles. The molecule has 1 aliphatic heterocycles. The lowest BCUT2D eigenvalue weighted by Gasteiger charge is -2.57. The second-order valence-corrected chi connectivity index (χ2v) is 7.75. The molecule has 2 amide bonds. The van der Waals surface area contributed by atoms with Gasteiger partial charge in [0.1, 0.15) is 11.3 Å². The largest absolute Gasteiger partial charge is 0.482 e. The maximum Gasteiger partial charge on any atom is 0.265 e. The van der Waals surface area contributed by atoms with E-state index in [1.54, 1.807) is 4.90 Å². The Kier molecular flexibility index (Phi) is 6.96. The van der Waals surface area contributed by atoms with Crippen molar-refractivity contribution in [2.45, 2.75) is 45.3 Å². The Balaban J connectivity index is 0.00000280. The van der Waals surface area contributed by atoms with Crippen molar-refractivity contribution in [3.8, 4) is 5.75 Å². The number of nitrogens with two attached hydrogens (primary N) is 1. The van der Waals surface area contributed by atoms with E-state index in [2.05, 4.69) is 5.32 Å². The molecule has 3 N–H and O–H groups in total. The summed E-state index contributed by atoms with van der Waals surface area (Å²) in [5.74, 6) is 0.479. The third-order valence-corrected chi connectivity index (χ3v) is 5.89. The van der Waals surface area contributed by atoms with Crippen molar-refractivity contribution in [3.05, 3.63) is 24.3 Å². The van der Waals surface area contributed by atoms with Crippen LogP contribution in [0.15, 0.2) is 24.3 Å². The van der Waals surface area contributed by atoms with Crippen molar-refractivity contribution in [2.75, 3.05) is 31.2 Å². The van der Waals surface area contributed by atoms with Gasteiger partial charge in [0.25, 0.3) is 5.91 Å². The molecule has 1 aromatic carbocycles. The predicted octanol–water partition coefficient (Wildman–Crippen LogP) is 1.87. The van der Waals surface area contributed by atoms with Crippen LogP contribution in [0.2, 0.25) is 0 Å². The van der Waals surface area contributed by atoms with Crippen LogP contribution in [0, 0.1) is 5.41 Å². The van der Waals surface area contributed by atoms with Gasteiger partial charge in [-0.25, -0.2) is 0 Å². The lowest BCUT2D eigenvalue weighted by atomic mass is 9.54. The molecule has 1 heterocycles. The summed E-state index contributed by atoms with van der Waals surface area (Å²) in [4.78, 5) is 26.5. The Morgan fingerprint density at radius 3 is 2.79 bits per heavy atom. The quantitative estimate of drug-likeness (QED) is 0.668. The molecule has 2 atom stereocenters. The van der Waals surface area contributed by atoms with E-state index in [0.29, 0.717) is 38.3 Å². The number of rotatable bonds is 7. The van der Waals surface area contributed by atoms with Crippen LogP contribution in [0.4, 0.5) is 5.69 Å². The minimum absolute atomic E-state index is 0. The highest BCUT2D eigenvalue weighted by molar-refractivity contribution is 5.97. The number of nitrogens with zero attached hydrogens (tertiary/aromatic N) is 1. The van der Waals surface area contributed by atoms with Gasteiger partial charge in [-0.05, 0) is 25.5 Å². The molecule has 7 nitrogen and oxygen atoms in total. The summed E-state index contributed by atoms with van der Waals surface area (Å²) in [5, 5.41) is 2.93. The molecule has 0 radical (unpaired) electrons. The highest BCUT2D eigenvalue weighted by Crippen LogP contribution is 2.49. The first kappa shape index (κ1) is 22.5. The highest BCUT2D eigenvalue weighted by atomic mass is 35.5. The average Bonchev–Trinajstić information content (AvgIpc) is 2.66.